The van der Waals surface area contributed by atoms with Gasteiger partial charge in [0.15, 0.2) is 18.5 Å². The van der Waals surface area contributed by atoms with Gasteiger partial charge >= 0.3 is 5.97 Å². The minimum absolute atomic E-state index is 0.406. The van der Waals surface area contributed by atoms with E-state index in [0.29, 0.717) is 0 Å². The highest BCUT2D eigenvalue weighted by Gasteiger charge is 2.41. The molecular formula is C7H10O5. The Labute approximate surface area is 69.3 Å². The zero-order valence-corrected chi connectivity index (χ0v) is 6.81. The van der Waals surface area contributed by atoms with E-state index in [1.165, 1.54) is 6.92 Å². The van der Waals surface area contributed by atoms with Gasteiger partial charge in [0.05, 0.1) is 0 Å². The maximum absolute atomic E-state index is 10.8. The summed E-state index contributed by atoms with van der Waals surface area (Å²) < 4.78 is 9.80. The molecule has 0 bridgehead atoms. The number of aliphatic carboxylic acids is 1. The van der Waals surface area contributed by atoms with E-state index in [2.05, 4.69) is 0 Å². The number of hydrogen-bond donors (Lipinski definition) is 1. The Kier molecular flexibility index (Phi) is 2.44. The summed E-state index contributed by atoms with van der Waals surface area (Å²) in [5, 5.41) is 8.58. The van der Waals surface area contributed by atoms with Crippen LogP contribution in [0, 0.1) is 5.92 Å². The van der Waals surface area contributed by atoms with Crippen LogP contribution in [0.1, 0.15) is 13.8 Å². The number of hydrogen-bond acceptors (Lipinski definition) is 4. The van der Waals surface area contributed by atoms with Crippen LogP contribution >= 0.6 is 0 Å². The fourth-order valence-electron chi connectivity index (χ4n) is 1.03. The molecule has 12 heavy (non-hydrogen) atoms. The number of carboxylic acid groups (broad SMARTS) is 1. The normalized spacial score (nSPS) is 30.5. The Morgan fingerprint density at radius 1 is 1.42 bits per heavy atom. The molecule has 1 unspecified atom stereocenters. The zero-order chi connectivity index (χ0) is 9.30. The molecule has 1 aliphatic rings. The molecule has 0 aromatic carbocycles. The molecule has 1 aliphatic heterocycles. The molecule has 5 heteroatoms. The molecule has 0 aromatic heterocycles. The van der Waals surface area contributed by atoms with Crippen molar-refractivity contribution in [2.24, 2.45) is 5.92 Å². The van der Waals surface area contributed by atoms with Gasteiger partial charge in [0, 0.05) is 0 Å². The van der Waals surface area contributed by atoms with E-state index in [1.807, 2.05) is 0 Å². The lowest BCUT2D eigenvalue weighted by Crippen LogP contribution is -2.49. The van der Waals surface area contributed by atoms with Gasteiger partial charge in [-0.05, 0) is 13.8 Å². The third kappa shape index (κ3) is 1.62. The molecule has 5 nitrogen and oxygen atoms in total. The molecule has 1 saturated heterocycles. The predicted octanol–water partition coefficient (Wildman–Crippen LogP) is -0.00490. The Bertz CT molecular complexity index is 192. The first-order valence-corrected chi connectivity index (χ1v) is 3.56. The minimum Gasteiger partial charge on any atom is -0.481 e. The van der Waals surface area contributed by atoms with Crippen molar-refractivity contribution in [1.29, 1.82) is 0 Å². The van der Waals surface area contributed by atoms with Crippen molar-refractivity contribution < 1.29 is 24.2 Å². The highest BCUT2D eigenvalue weighted by atomic mass is 16.9. The molecule has 1 atom stereocenters. The fourth-order valence-corrected chi connectivity index (χ4v) is 1.03. The lowest BCUT2D eigenvalue weighted by molar-refractivity contribution is -0.384. The van der Waals surface area contributed by atoms with Gasteiger partial charge in [-0.25, -0.2) is 0 Å². The van der Waals surface area contributed by atoms with Gasteiger partial charge in [-0.15, -0.1) is 0 Å². The van der Waals surface area contributed by atoms with Gasteiger partial charge in [-0.3, -0.25) is 9.59 Å². The van der Waals surface area contributed by atoms with Crippen LogP contribution < -0.4 is 0 Å². The van der Waals surface area contributed by atoms with Crippen molar-refractivity contribution in [2.45, 2.75) is 26.4 Å². The topological polar surface area (TPSA) is 72.8 Å². The van der Waals surface area contributed by atoms with Gasteiger partial charge < -0.3 is 14.6 Å². The molecule has 1 heterocycles. The number of ketones is 1. The zero-order valence-electron chi connectivity index (χ0n) is 6.81. The summed E-state index contributed by atoms with van der Waals surface area (Å²) in [6, 6.07) is 0. The SMILES string of the molecule is CC(=O)C(C(=O)O)C1OC(C)O1. The number of ether oxygens (including phenoxy) is 2. The van der Waals surface area contributed by atoms with E-state index in [1.54, 1.807) is 6.92 Å². The summed E-state index contributed by atoms with van der Waals surface area (Å²) in [5.74, 6) is -2.86. The van der Waals surface area contributed by atoms with Crippen LogP contribution in [0.4, 0.5) is 0 Å². The average molecular weight is 174 g/mol. The number of rotatable bonds is 3. The lowest BCUT2D eigenvalue weighted by atomic mass is 10.0. The second kappa shape index (κ2) is 3.20. The van der Waals surface area contributed by atoms with Gasteiger partial charge in [0.2, 0.25) is 0 Å². The van der Waals surface area contributed by atoms with Gasteiger partial charge in [0.25, 0.3) is 0 Å². The van der Waals surface area contributed by atoms with E-state index in [4.69, 9.17) is 14.6 Å². The van der Waals surface area contributed by atoms with Crippen molar-refractivity contribution in [1.82, 2.24) is 0 Å². The number of carbonyl (C=O) groups is 2. The summed E-state index contributed by atoms with van der Waals surface area (Å²) in [5.41, 5.74) is 0. The Hall–Kier alpha value is -0.940. The van der Waals surface area contributed by atoms with Gasteiger partial charge in [-0.1, -0.05) is 0 Å². The molecular weight excluding hydrogens is 164 g/mol. The maximum atomic E-state index is 10.8. The van der Waals surface area contributed by atoms with Crippen LogP contribution in [0.2, 0.25) is 0 Å². The molecule has 1 N–H and O–H groups in total. The standard InChI is InChI=1S/C7H10O5/c1-3(8)5(6(9)10)7-11-4(2)12-7/h4-5,7H,1-2H3,(H,9,10). The molecule has 0 amide bonds. The smallest absolute Gasteiger partial charge is 0.319 e. The molecule has 0 aliphatic carbocycles. The first-order valence-electron chi connectivity index (χ1n) is 3.56. The largest absolute Gasteiger partial charge is 0.481 e. The second-order valence-electron chi connectivity index (χ2n) is 2.63. The van der Waals surface area contributed by atoms with E-state index in [0.717, 1.165) is 0 Å². The minimum atomic E-state index is -1.21. The van der Waals surface area contributed by atoms with Crippen LogP contribution in [-0.2, 0) is 19.1 Å². The lowest BCUT2D eigenvalue weighted by Gasteiger charge is -2.36. The summed E-state index contributed by atoms with van der Waals surface area (Å²) in [6.45, 7) is 2.84. The number of carbonyl (C=O) groups excluding carboxylic acids is 1. The Morgan fingerprint density at radius 2 is 1.92 bits per heavy atom. The Morgan fingerprint density at radius 3 is 2.17 bits per heavy atom. The van der Waals surface area contributed by atoms with Gasteiger partial charge in [0.1, 0.15) is 5.78 Å². The van der Waals surface area contributed by atoms with Crippen molar-refractivity contribution >= 4 is 11.8 Å². The summed E-state index contributed by atoms with van der Waals surface area (Å²) in [4.78, 5) is 21.3. The first-order chi connectivity index (χ1) is 5.52. The molecule has 68 valence electrons. The summed E-state index contributed by atoms with van der Waals surface area (Å²) >= 11 is 0. The monoisotopic (exact) mass is 174 g/mol. The second-order valence-corrected chi connectivity index (χ2v) is 2.63. The van der Waals surface area contributed by atoms with Crippen molar-refractivity contribution in [3.05, 3.63) is 0 Å². The van der Waals surface area contributed by atoms with Crippen molar-refractivity contribution in [3.8, 4) is 0 Å². The quantitative estimate of drug-likeness (QED) is 0.609. The van der Waals surface area contributed by atoms with Crippen LogP contribution in [0.25, 0.3) is 0 Å². The molecule has 1 fully saturated rings. The van der Waals surface area contributed by atoms with Crippen LogP contribution in [0.15, 0.2) is 0 Å². The third-order valence-electron chi connectivity index (χ3n) is 1.63. The van der Waals surface area contributed by atoms with E-state index >= 15 is 0 Å². The highest BCUT2D eigenvalue weighted by Crippen LogP contribution is 2.24. The molecule has 0 saturated carbocycles. The average Bonchev–Trinajstić information content (AvgIpc) is 1.82. The highest BCUT2D eigenvalue weighted by molar-refractivity contribution is 5.97. The number of Topliss-reactive ketones (excluding diaryl/α,β-unsaturated/α-hetero) is 1. The molecule has 1 rings (SSSR count). The van der Waals surface area contributed by atoms with Crippen LogP contribution in [0.5, 0.6) is 0 Å². The molecule has 0 aromatic rings. The number of carboxylic acids is 1. The molecule has 0 spiro atoms. The van der Waals surface area contributed by atoms with E-state index < -0.39 is 30.3 Å². The van der Waals surface area contributed by atoms with E-state index in [9.17, 15) is 9.59 Å². The summed E-state index contributed by atoms with van der Waals surface area (Å²) in [6.07, 6.45) is -1.31. The predicted molar refractivity (Wildman–Crippen MR) is 37.2 cm³/mol. The molecule has 0 radical (unpaired) electrons. The first kappa shape index (κ1) is 9.15. The van der Waals surface area contributed by atoms with Crippen LogP contribution in [0.3, 0.4) is 0 Å². The van der Waals surface area contributed by atoms with Crippen molar-refractivity contribution in [3.63, 3.8) is 0 Å². The van der Waals surface area contributed by atoms with E-state index in [-0.39, 0.29) is 0 Å². The maximum Gasteiger partial charge on any atom is 0.319 e. The van der Waals surface area contributed by atoms with Gasteiger partial charge in [-0.2, -0.15) is 0 Å². The van der Waals surface area contributed by atoms with Crippen LogP contribution in [-0.4, -0.2) is 29.4 Å². The summed E-state index contributed by atoms with van der Waals surface area (Å²) in [7, 11) is 0. The third-order valence-corrected chi connectivity index (χ3v) is 1.63. The van der Waals surface area contributed by atoms with Crippen molar-refractivity contribution in [2.75, 3.05) is 0 Å². The Balaban J connectivity index is 2.56. The fraction of sp³-hybridized carbons (Fsp3) is 0.714.